The lowest BCUT2D eigenvalue weighted by molar-refractivity contribution is -0.132. The van der Waals surface area contributed by atoms with E-state index in [2.05, 4.69) is 46.4 Å². The maximum Gasteiger partial charge on any atom is 0.333 e. The molecule has 17 heavy (non-hydrogen) atoms. The van der Waals surface area contributed by atoms with E-state index in [4.69, 9.17) is 0 Å². The fraction of sp³-hybridized carbons (Fsp3) is 0.786. The first-order valence-electron chi connectivity index (χ1n) is 6.16. The minimum absolute atomic E-state index is 0.0969. The van der Waals surface area contributed by atoms with Gasteiger partial charge in [0.1, 0.15) is 0 Å². The summed E-state index contributed by atoms with van der Waals surface area (Å²) in [6.07, 6.45) is 0.729. The fourth-order valence-electron chi connectivity index (χ4n) is 2.53. The van der Waals surface area contributed by atoms with Gasteiger partial charge in [-0.2, -0.15) is 0 Å². The van der Waals surface area contributed by atoms with Crippen molar-refractivity contribution in [3.63, 3.8) is 0 Å². The number of rotatable bonds is 3. The summed E-state index contributed by atoms with van der Waals surface area (Å²) in [6, 6.07) is 0. The standard InChI is InChI=1S/C14H27NO2/c1-9-11(10(2)12(16)17)15(13(3,4)5)14(6,7)8/h9H2,1-8H3,(H,16,17)/b11-10+. The van der Waals surface area contributed by atoms with Crippen LogP contribution in [-0.2, 0) is 4.79 Å². The Morgan fingerprint density at radius 3 is 1.59 bits per heavy atom. The van der Waals surface area contributed by atoms with Crippen LogP contribution in [0, 0.1) is 0 Å². The van der Waals surface area contributed by atoms with Crippen molar-refractivity contribution in [3.8, 4) is 0 Å². The summed E-state index contributed by atoms with van der Waals surface area (Å²) in [5.41, 5.74) is 1.16. The van der Waals surface area contributed by atoms with Crippen molar-refractivity contribution < 1.29 is 9.90 Å². The van der Waals surface area contributed by atoms with Gasteiger partial charge in [0.15, 0.2) is 0 Å². The van der Waals surface area contributed by atoms with Crippen LogP contribution in [0.4, 0.5) is 0 Å². The normalized spacial score (nSPS) is 14.4. The van der Waals surface area contributed by atoms with Crippen LogP contribution in [0.2, 0.25) is 0 Å². The summed E-state index contributed by atoms with van der Waals surface area (Å²) < 4.78 is 0. The van der Waals surface area contributed by atoms with E-state index in [1.165, 1.54) is 0 Å². The molecule has 0 aromatic heterocycles. The van der Waals surface area contributed by atoms with E-state index in [0.29, 0.717) is 5.57 Å². The molecule has 0 bridgehead atoms. The van der Waals surface area contributed by atoms with Gasteiger partial charge < -0.3 is 10.0 Å². The van der Waals surface area contributed by atoms with Crippen LogP contribution >= 0.6 is 0 Å². The Kier molecular flexibility index (Phi) is 4.81. The van der Waals surface area contributed by atoms with Gasteiger partial charge in [-0.25, -0.2) is 4.79 Å². The van der Waals surface area contributed by atoms with Crippen LogP contribution in [0.15, 0.2) is 11.3 Å². The maximum absolute atomic E-state index is 11.2. The van der Waals surface area contributed by atoms with Crippen molar-refractivity contribution in [2.75, 3.05) is 0 Å². The molecular weight excluding hydrogens is 214 g/mol. The van der Waals surface area contributed by atoms with E-state index in [1.54, 1.807) is 6.92 Å². The first-order chi connectivity index (χ1) is 7.42. The van der Waals surface area contributed by atoms with Gasteiger partial charge in [0.05, 0.1) is 5.57 Å². The van der Waals surface area contributed by atoms with Gasteiger partial charge >= 0.3 is 5.97 Å². The number of carbonyl (C=O) groups is 1. The SMILES string of the molecule is CC/C(=C(/C)C(=O)O)N(C(C)(C)C)C(C)(C)C. The third-order valence-electron chi connectivity index (χ3n) is 2.70. The summed E-state index contributed by atoms with van der Waals surface area (Å²) >= 11 is 0. The molecule has 0 saturated carbocycles. The Morgan fingerprint density at radius 2 is 1.41 bits per heavy atom. The zero-order valence-corrected chi connectivity index (χ0v) is 12.5. The van der Waals surface area contributed by atoms with Crippen molar-refractivity contribution in [1.82, 2.24) is 4.90 Å². The van der Waals surface area contributed by atoms with Crippen molar-refractivity contribution in [2.45, 2.75) is 72.9 Å². The number of carboxylic acid groups (broad SMARTS) is 1. The second kappa shape index (κ2) is 5.11. The Balaban J connectivity index is 5.78. The lowest BCUT2D eigenvalue weighted by atomic mass is 9.93. The van der Waals surface area contributed by atoms with Crippen molar-refractivity contribution in [2.24, 2.45) is 0 Å². The molecule has 0 amide bonds. The third kappa shape index (κ3) is 4.06. The molecule has 0 aliphatic carbocycles. The molecular formula is C14H27NO2. The van der Waals surface area contributed by atoms with Crippen molar-refractivity contribution in [3.05, 3.63) is 11.3 Å². The van der Waals surface area contributed by atoms with E-state index < -0.39 is 5.97 Å². The van der Waals surface area contributed by atoms with Gasteiger partial charge in [-0.1, -0.05) is 6.92 Å². The van der Waals surface area contributed by atoms with Crippen LogP contribution < -0.4 is 0 Å². The number of nitrogens with zero attached hydrogens (tertiary/aromatic N) is 1. The predicted octanol–water partition coefficient (Wildman–Crippen LogP) is 3.65. The van der Waals surface area contributed by atoms with Crippen molar-refractivity contribution >= 4 is 5.97 Å². The minimum Gasteiger partial charge on any atom is -0.478 e. The molecule has 0 saturated heterocycles. The molecule has 100 valence electrons. The van der Waals surface area contributed by atoms with Gasteiger partial charge in [-0.15, -0.1) is 0 Å². The summed E-state index contributed by atoms with van der Waals surface area (Å²) in [6.45, 7) is 16.4. The zero-order valence-electron chi connectivity index (χ0n) is 12.5. The summed E-state index contributed by atoms with van der Waals surface area (Å²) in [7, 11) is 0. The molecule has 0 fully saturated rings. The summed E-state index contributed by atoms with van der Waals surface area (Å²) in [5.74, 6) is -0.833. The first kappa shape index (κ1) is 16.0. The lowest BCUT2D eigenvalue weighted by Gasteiger charge is -2.49. The van der Waals surface area contributed by atoms with Gasteiger partial charge in [0.25, 0.3) is 0 Å². The second-order valence-electron chi connectivity index (χ2n) is 6.41. The number of carboxylic acids is 1. The molecule has 0 radical (unpaired) electrons. The van der Waals surface area contributed by atoms with Crippen LogP contribution in [0.25, 0.3) is 0 Å². The largest absolute Gasteiger partial charge is 0.478 e. The molecule has 0 aromatic carbocycles. The van der Waals surface area contributed by atoms with Gasteiger partial charge in [0.2, 0.25) is 0 Å². The maximum atomic E-state index is 11.2. The highest BCUT2D eigenvalue weighted by Gasteiger charge is 2.33. The van der Waals surface area contributed by atoms with E-state index >= 15 is 0 Å². The first-order valence-corrected chi connectivity index (χ1v) is 6.16. The highest BCUT2D eigenvalue weighted by molar-refractivity contribution is 5.86. The van der Waals surface area contributed by atoms with Gasteiger partial charge in [-0.05, 0) is 54.9 Å². The van der Waals surface area contributed by atoms with E-state index in [0.717, 1.165) is 12.1 Å². The average molecular weight is 241 g/mol. The Labute approximate surface area is 106 Å². The molecule has 0 rings (SSSR count). The molecule has 3 heteroatoms. The molecule has 3 nitrogen and oxygen atoms in total. The zero-order chi connectivity index (χ0) is 14.0. The van der Waals surface area contributed by atoms with Gasteiger partial charge in [-0.3, -0.25) is 0 Å². The van der Waals surface area contributed by atoms with E-state index in [-0.39, 0.29) is 11.1 Å². The monoisotopic (exact) mass is 241 g/mol. The minimum atomic E-state index is -0.833. The molecule has 0 aromatic rings. The Hall–Kier alpha value is -0.990. The van der Waals surface area contributed by atoms with Crippen LogP contribution in [0.5, 0.6) is 0 Å². The molecule has 0 unspecified atom stereocenters. The summed E-state index contributed by atoms with van der Waals surface area (Å²) in [4.78, 5) is 13.4. The number of hydrogen-bond acceptors (Lipinski definition) is 2. The second-order valence-corrected chi connectivity index (χ2v) is 6.41. The Morgan fingerprint density at radius 1 is 1.06 bits per heavy atom. The highest BCUT2D eigenvalue weighted by atomic mass is 16.4. The van der Waals surface area contributed by atoms with Crippen LogP contribution in [0.1, 0.15) is 61.8 Å². The van der Waals surface area contributed by atoms with E-state index in [9.17, 15) is 9.90 Å². The Bertz CT molecular complexity index is 302. The molecule has 0 heterocycles. The fourth-order valence-corrected chi connectivity index (χ4v) is 2.53. The summed E-state index contributed by atoms with van der Waals surface area (Å²) in [5, 5.41) is 9.18. The third-order valence-corrected chi connectivity index (χ3v) is 2.70. The van der Waals surface area contributed by atoms with E-state index in [1.807, 2.05) is 6.92 Å². The lowest BCUT2D eigenvalue weighted by Crippen LogP contribution is -2.52. The van der Waals surface area contributed by atoms with Crippen LogP contribution in [-0.4, -0.2) is 27.1 Å². The topological polar surface area (TPSA) is 40.5 Å². The number of hydrogen-bond donors (Lipinski definition) is 1. The molecule has 0 aliphatic heterocycles. The van der Waals surface area contributed by atoms with Gasteiger partial charge in [0, 0.05) is 16.8 Å². The van der Waals surface area contributed by atoms with Crippen molar-refractivity contribution in [1.29, 1.82) is 0 Å². The number of allylic oxidation sites excluding steroid dienone is 1. The number of aliphatic carboxylic acids is 1. The average Bonchev–Trinajstić information content (AvgIpc) is 2.08. The molecule has 0 spiro atoms. The predicted molar refractivity (Wildman–Crippen MR) is 72.0 cm³/mol. The molecule has 1 N–H and O–H groups in total. The highest BCUT2D eigenvalue weighted by Crippen LogP contribution is 2.32. The van der Waals surface area contributed by atoms with Crippen LogP contribution in [0.3, 0.4) is 0 Å². The smallest absolute Gasteiger partial charge is 0.333 e. The molecule has 0 atom stereocenters. The molecule has 0 aliphatic rings. The quantitative estimate of drug-likeness (QED) is 0.767.